The van der Waals surface area contributed by atoms with E-state index in [-0.39, 0.29) is 11.9 Å². The van der Waals surface area contributed by atoms with Crippen molar-refractivity contribution >= 4 is 5.91 Å². The minimum atomic E-state index is -0.0721. The summed E-state index contributed by atoms with van der Waals surface area (Å²) in [4.78, 5) is 14.4. The minimum Gasteiger partial charge on any atom is -0.497 e. The molecule has 1 atom stereocenters. The van der Waals surface area contributed by atoms with E-state index in [2.05, 4.69) is 5.16 Å². The van der Waals surface area contributed by atoms with Gasteiger partial charge in [0.15, 0.2) is 5.69 Å². The van der Waals surface area contributed by atoms with Crippen molar-refractivity contribution in [1.29, 1.82) is 0 Å². The van der Waals surface area contributed by atoms with Crippen LogP contribution in [0.1, 0.15) is 40.7 Å². The monoisotopic (exact) mass is 286 g/mol. The van der Waals surface area contributed by atoms with Crippen molar-refractivity contribution in [2.75, 3.05) is 13.7 Å². The van der Waals surface area contributed by atoms with Gasteiger partial charge in [-0.2, -0.15) is 0 Å². The van der Waals surface area contributed by atoms with Gasteiger partial charge in [0.1, 0.15) is 11.5 Å². The molecule has 1 aromatic heterocycles. The SMILES string of the molecule is COc1cccc([C@@H]2CCCN2C(=O)c2cc(C)on2)c1. The number of hydrogen-bond acceptors (Lipinski definition) is 4. The molecule has 0 N–H and O–H groups in total. The molecular formula is C16H18N2O3. The Labute approximate surface area is 123 Å². The highest BCUT2D eigenvalue weighted by molar-refractivity contribution is 5.92. The van der Waals surface area contributed by atoms with E-state index in [0.29, 0.717) is 11.5 Å². The number of benzene rings is 1. The third kappa shape index (κ3) is 2.63. The number of methoxy groups -OCH3 is 1. The summed E-state index contributed by atoms with van der Waals surface area (Å²) in [6.45, 7) is 2.53. The van der Waals surface area contributed by atoms with Crippen molar-refractivity contribution in [2.45, 2.75) is 25.8 Å². The van der Waals surface area contributed by atoms with Crippen molar-refractivity contribution < 1.29 is 14.1 Å². The number of aryl methyl sites for hydroxylation is 1. The van der Waals surface area contributed by atoms with E-state index in [1.54, 1.807) is 20.1 Å². The van der Waals surface area contributed by atoms with Gasteiger partial charge in [0.05, 0.1) is 13.2 Å². The predicted molar refractivity (Wildman–Crippen MR) is 77.2 cm³/mol. The van der Waals surface area contributed by atoms with E-state index in [1.807, 2.05) is 29.2 Å². The van der Waals surface area contributed by atoms with Gasteiger partial charge in [-0.25, -0.2) is 0 Å². The number of nitrogens with zero attached hydrogens (tertiary/aromatic N) is 2. The lowest BCUT2D eigenvalue weighted by Crippen LogP contribution is -2.30. The first kappa shape index (κ1) is 13.7. The number of rotatable bonds is 3. The lowest BCUT2D eigenvalue weighted by atomic mass is 10.0. The van der Waals surface area contributed by atoms with Gasteiger partial charge in [-0.05, 0) is 37.5 Å². The van der Waals surface area contributed by atoms with Crippen LogP contribution in [0.2, 0.25) is 0 Å². The summed E-state index contributed by atoms with van der Waals surface area (Å²) in [7, 11) is 1.65. The molecule has 1 aromatic carbocycles. The van der Waals surface area contributed by atoms with E-state index < -0.39 is 0 Å². The zero-order valence-corrected chi connectivity index (χ0v) is 12.2. The Kier molecular flexibility index (Phi) is 3.64. The van der Waals surface area contributed by atoms with Gasteiger partial charge in [0, 0.05) is 12.6 Å². The quantitative estimate of drug-likeness (QED) is 0.870. The Bertz CT molecular complexity index is 650. The highest BCUT2D eigenvalue weighted by Crippen LogP contribution is 2.34. The van der Waals surface area contributed by atoms with Gasteiger partial charge < -0.3 is 14.2 Å². The number of amides is 1. The largest absolute Gasteiger partial charge is 0.497 e. The van der Waals surface area contributed by atoms with Crippen LogP contribution in [0.15, 0.2) is 34.9 Å². The number of carbonyl (C=O) groups is 1. The summed E-state index contributed by atoms with van der Waals surface area (Å²) >= 11 is 0. The first-order valence-electron chi connectivity index (χ1n) is 7.07. The van der Waals surface area contributed by atoms with Crippen LogP contribution < -0.4 is 4.74 Å². The Hall–Kier alpha value is -2.30. The van der Waals surface area contributed by atoms with Gasteiger partial charge in [-0.15, -0.1) is 0 Å². The first-order chi connectivity index (χ1) is 10.2. The fourth-order valence-corrected chi connectivity index (χ4v) is 2.82. The third-order valence-corrected chi connectivity index (χ3v) is 3.84. The summed E-state index contributed by atoms with van der Waals surface area (Å²) in [5.74, 6) is 1.39. The lowest BCUT2D eigenvalue weighted by Gasteiger charge is -2.24. The summed E-state index contributed by atoms with van der Waals surface area (Å²) in [6.07, 6.45) is 1.94. The molecule has 0 spiro atoms. The maximum Gasteiger partial charge on any atom is 0.276 e. The molecule has 2 heterocycles. The van der Waals surface area contributed by atoms with E-state index in [4.69, 9.17) is 9.26 Å². The van der Waals surface area contributed by atoms with Crippen LogP contribution in [0.4, 0.5) is 0 Å². The highest BCUT2D eigenvalue weighted by Gasteiger charge is 2.32. The molecule has 0 saturated carbocycles. The van der Waals surface area contributed by atoms with Crippen LogP contribution in [0.25, 0.3) is 0 Å². The molecule has 5 heteroatoms. The van der Waals surface area contributed by atoms with Gasteiger partial charge in [-0.3, -0.25) is 4.79 Å². The van der Waals surface area contributed by atoms with Gasteiger partial charge in [0.2, 0.25) is 0 Å². The molecule has 5 nitrogen and oxygen atoms in total. The predicted octanol–water partition coefficient (Wildman–Crippen LogP) is 2.97. The number of likely N-dealkylation sites (tertiary alicyclic amines) is 1. The molecule has 0 bridgehead atoms. The average molecular weight is 286 g/mol. The van der Waals surface area contributed by atoms with Crippen molar-refractivity contribution in [1.82, 2.24) is 10.1 Å². The molecule has 1 saturated heterocycles. The molecule has 3 rings (SSSR count). The van der Waals surface area contributed by atoms with Gasteiger partial charge in [0.25, 0.3) is 5.91 Å². The number of ether oxygens (including phenoxy) is 1. The van der Waals surface area contributed by atoms with Crippen molar-refractivity contribution in [2.24, 2.45) is 0 Å². The molecule has 1 fully saturated rings. The number of hydrogen-bond donors (Lipinski definition) is 0. The van der Waals surface area contributed by atoms with Crippen LogP contribution in [0.5, 0.6) is 5.75 Å². The fraction of sp³-hybridized carbons (Fsp3) is 0.375. The van der Waals surface area contributed by atoms with E-state index in [0.717, 1.165) is 30.7 Å². The van der Waals surface area contributed by atoms with Crippen LogP contribution in [0.3, 0.4) is 0 Å². The standard InChI is InChI=1S/C16H18N2O3/c1-11-9-14(17-21-11)16(19)18-8-4-7-15(18)12-5-3-6-13(10-12)20-2/h3,5-6,9-10,15H,4,7-8H2,1-2H3/t15-/m0/s1. The maximum absolute atomic E-state index is 12.6. The molecule has 1 aliphatic rings. The average Bonchev–Trinajstić information content (AvgIpc) is 3.15. The van der Waals surface area contributed by atoms with Gasteiger partial charge in [-0.1, -0.05) is 17.3 Å². The van der Waals surface area contributed by atoms with E-state index >= 15 is 0 Å². The Balaban J connectivity index is 1.86. The molecule has 110 valence electrons. The van der Waals surface area contributed by atoms with Crippen LogP contribution in [-0.4, -0.2) is 29.6 Å². The maximum atomic E-state index is 12.6. The molecule has 2 aromatic rings. The van der Waals surface area contributed by atoms with Gasteiger partial charge >= 0.3 is 0 Å². The second kappa shape index (κ2) is 5.60. The lowest BCUT2D eigenvalue weighted by molar-refractivity contribution is 0.0725. The molecule has 0 radical (unpaired) electrons. The molecular weight excluding hydrogens is 268 g/mol. The Morgan fingerprint density at radius 2 is 2.29 bits per heavy atom. The minimum absolute atomic E-state index is 0.0721. The highest BCUT2D eigenvalue weighted by atomic mass is 16.5. The fourth-order valence-electron chi connectivity index (χ4n) is 2.82. The second-order valence-corrected chi connectivity index (χ2v) is 5.26. The summed E-state index contributed by atoms with van der Waals surface area (Å²) in [6, 6.07) is 9.64. The first-order valence-corrected chi connectivity index (χ1v) is 7.07. The van der Waals surface area contributed by atoms with Crippen LogP contribution in [-0.2, 0) is 0 Å². The van der Waals surface area contributed by atoms with Crippen LogP contribution >= 0.6 is 0 Å². The number of carbonyl (C=O) groups excluding carboxylic acids is 1. The summed E-state index contributed by atoms with van der Waals surface area (Å²) < 4.78 is 10.3. The van der Waals surface area contributed by atoms with Crippen LogP contribution in [0, 0.1) is 6.92 Å². The molecule has 0 aliphatic carbocycles. The zero-order chi connectivity index (χ0) is 14.8. The summed E-state index contributed by atoms with van der Waals surface area (Å²) in [5.41, 5.74) is 1.47. The smallest absolute Gasteiger partial charge is 0.276 e. The summed E-state index contributed by atoms with van der Waals surface area (Å²) in [5, 5.41) is 3.83. The van der Waals surface area contributed by atoms with Crippen molar-refractivity contribution in [3.63, 3.8) is 0 Å². The molecule has 21 heavy (non-hydrogen) atoms. The number of aromatic nitrogens is 1. The normalized spacial score (nSPS) is 18.0. The van der Waals surface area contributed by atoms with Crippen molar-refractivity contribution in [3.8, 4) is 5.75 Å². The van der Waals surface area contributed by atoms with Crippen molar-refractivity contribution in [3.05, 3.63) is 47.3 Å². The Morgan fingerprint density at radius 1 is 1.43 bits per heavy atom. The molecule has 1 amide bonds. The molecule has 0 unspecified atom stereocenters. The second-order valence-electron chi connectivity index (χ2n) is 5.26. The molecule has 1 aliphatic heterocycles. The zero-order valence-electron chi connectivity index (χ0n) is 12.2. The van der Waals surface area contributed by atoms with E-state index in [1.165, 1.54) is 0 Å². The Morgan fingerprint density at radius 3 is 3.00 bits per heavy atom. The third-order valence-electron chi connectivity index (χ3n) is 3.84. The topological polar surface area (TPSA) is 55.6 Å². The van der Waals surface area contributed by atoms with E-state index in [9.17, 15) is 4.79 Å².